The molecular formula is C19H20F2N2. The van der Waals surface area contributed by atoms with Gasteiger partial charge in [0.2, 0.25) is 0 Å². The fourth-order valence-corrected chi connectivity index (χ4v) is 2.22. The van der Waals surface area contributed by atoms with Crippen molar-refractivity contribution in [3.05, 3.63) is 70.3 Å². The summed E-state index contributed by atoms with van der Waals surface area (Å²) in [5, 5.41) is 7.59. The van der Waals surface area contributed by atoms with Crippen LogP contribution in [0.5, 0.6) is 0 Å². The summed E-state index contributed by atoms with van der Waals surface area (Å²) in [6.07, 6.45) is 5.13. The summed E-state index contributed by atoms with van der Waals surface area (Å²) in [5.41, 5.74) is 2.61. The van der Waals surface area contributed by atoms with E-state index in [1.165, 1.54) is 17.7 Å². The summed E-state index contributed by atoms with van der Waals surface area (Å²) in [4.78, 5) is 0. The third kappa shape index (κ3) is 4.81. The molecule has 0 fully saturated rings. The van der Waals surface area contributed by atoms with Gasteiger partial charge in [-0.15, -0.1) is 0 Å². The van der Waals surface area contributed by atoms with Crippen molar-refractivity contribution >= 4 is 12.4 Å². The fourth-order valence-electron chi connectivity index (χ4n) is 2.22. The number of hydrogen-bond acceptors (Lipinski definition) is 2. The van der Waals surface area contributed by atoms with E-state index in [1.807, 2.05) is 31.2 Å². The molecule has 0 aromatic heterocycles. The van der Waals surface area contributed by atoms with Gasteiger partial charge in [0.15, 0.2) is 0 Å². The summed E-state index contributed by atoms with van der Waals surface area (Å²) in [7, 11) is 0. The Morgan fingerprint density at radius 2 is 1.48 bits per heavy atom. The lowest BCUT2D eigenvalue weighted by molar-refractivity contribution is 0.576. The lowest BCUT2D eigenvalue weighted by Crippen LogP contribution is -1.97. The second-order valence-electron chi connectivity index (χ2n) is 5.31. The highest BCUT2D eigenvalue weighted by atomic mass is 19.1. The van der Waals surface area contributed by atoms with Crippen LogP contribution in [0.2, 0.25) is 0 Å². The molecule has 2 aromatic rings. The van der Waals surface area contributed by atoms with E-state index in [1.54, 1.807) is 6.21 Å². The maximum atomic E-state index is 13.9. The molecule has 2 rings (SSSR count). The van der Waals surface area contributed by atoms with Crippen LogP contribution in [0.25, 0.3) is 0 Å². The minimum atomic E-state index is -0.611. The van der Waals surface area contributed by atoms with Crippen LogP contribution in [-0.2, 0) is 12.8 Å². The fraction of sp³-hybridized carbons (Fsp3) is 0.263. The topological polar surface area (TPSA) is 24.7 Å². The number of halogens is 2. The van der Waals surface area contributed by atoms with Crippen LogP contribution < -0.4 is 0 Å². The molecule has 2 nitrogen and oxygen atoms in total. The minimum Gasteiger partial charge on any atom is -0.206 e. The van der Waals surface area contributed by atoms with Gasteiger partial charge in [-0.1, -0.05) is 44.5 Å². The normalized spacial score (nSPS) is 11.7. The van der Waals surface area contributed by atoms with Crippen molar-refractivity contribution in [2.75, 3.05) is 0 Å². The molecule has 0 amide bonds. The van der Waals surface area contributed by atoms with Crippen molar-refractivity contribution < 1.29 is 8.78 Å². The average molecular weight is 314 g/mol. The molecule has 0 saturated carbocycles. The van der Waals surface area contributed by atoms with Gasteiger partial charge < -0.3 is 0 Å². The molecular weight excluding hydrogens is 294 g/mol. The lowest BCUT2D eigenvalue weighted by Gasteiger charge is -2.03. The smallest absolute Gasteiger partial charge is 0.135 e. The van der Waals surface area contributed by atoms with Crippen molar-refractivity contribution in [3.8, 4) is 0 Å². The van der Waals surface area contributed by atoms with E-state index in [4.69, 9.17) is 0 Å². The van der Waals surface area contributed by atoms with E-state index >= 15 is 0 Å². The first kappa shape index (κ1) is 17.0. The largest absolute Gasteiger partial charge is 0.206 e. The molecule has 0 saturated heterocycles. The van der Waals surface area contributed by atoms with Gasteiger partial charge in [-0.3, -0.25) is 0 Å². The third-order valence-electron chi connectivity index (χ3n) is 3.53. The van der Waals surface area contributed by atoms with E-state index in [2.05, 4.69) is 17.1 Å². The molecule has 0 heterocycles. The quantitative estimate of drug-likeness (QED) is 0.533. The molecule has 0 bridgehead atoms. The first-order valence-corrected chi connectivity index (χ1v) is 7.77. The maximum Gasteiger partial charge on any atom is 0.135 e. The number of aryl methyl sites for hydroxylation is 2. The van der Waals surface area contributed by atoms with Crippen LogP contribution in [0.15, 0.2) is 46.6 Å². The van der Waals surface area contributed by atoms with E-state index in [9.17, 15) is 8.78 Å². The number of benzene rings is 2. The monoisotopic (exact) mass is 314 g/mol. The molecule has 23 heavy (non-hydrogen) atoms. The van der Waals surface area contributed by atoms with E-state index in [-0.39, 0.29) is 5.56 Å². The summed E-state index contributed by atoms with van der Waals surface area (Å²) < 4.78 is 27.8. The summed E-state index contributed by atoms with van der Waals surface area (Å²) in [5.74, 6) is -1.22. The Hall–Kier alpha value is -2.36. The molecule has 0 unspecified atom stereocenters. The molecule has 2 aromatic carbocycles. The third-order valence-corrected chi connectivity index (χ3v) is 3.53. The highest BCUT2D eigenvalue weighted by Gasteiger charge is 2.08. The Balaban J connectivity index is 2.09. The van der Waals surface area contributed by atoms with Crippen LogP contribution >= 0.6 is 0 Å². The zero-order chi connectivity index (χ0) is 16.7. The van der Waals surface area contributed by atoms with Crippen molar-refractivity contribution in [3.63, 3.8) is 0 Å². The van der Waals surface area contributed by atoms with Crippen molar-refractivity contribution in [2.45, 2.75) is 33.1 Å². The highest BCUT2D eigenvalue weighted by Crippen LogP contribution is 2.15. The van der Waals surface area contributed by atoms with Crippen molar-refractivity contribution in [2.24, 2.45) is 10.2 Å². The van der Waals surface area contributed by atoms with Gasteiger partial charge in [-0.2, -0.15) is 10.2 Å². The first-order valence-electron chi connectivity index (χ1n) is 7.77. The van der Waals surface area contributed by atoms with Crippen LogP contribution in [0.1, 0.15) is 42.5 Å². The van der Waals surface area contributed by atoms with E-state index < -0.39 is 11.6 Å². The Morgan fingerprint density at radius 3 is 2.04 bits per heavy atom. The summed E-state index contributed by atoms with van der Waals surface area (Å²) in [6.45, 7) is 4.05. The Bertz CT molecular complexity index is 681. The van der Waals surface area contributed by atoms with Crippen LogP contribution in [0.3, 0.4) is 0 Å². The highest BCUT2D eigenvalue weighted by molar-refractivity contribution is 5.83. The molecule has 0 aliphatic heterocycles. The van der Waals surface area contributed by atoms with Crippen molar-refractivity contribution in [1.29, 1.82) is 0 Å². The predicted molar refractivity (Wildman–Crippen MR) is 91.4 cm³/mol. The SMILES string of the molecule is CCCc1cc(F)c(/C=N/N=C/c2ccc(CC)cc2)c(F)c1. The molecule has 0 aliphatic carbocycles. The Morgan fingerprint density at radius 1 is 0.870 bits per heavy atom. The average Bonchev–Trinajstić information content (AvgIpc) is 2.54. The van der Waals surface area contributed by atoms with Crippen molar-refractivity contribution in [1.82, 2.24) is 0 Å². The Labute approximate surface area is 135 Å². The van der Waals surface area contributed by atoms with Crippen LogP contribution in [0, 0.1) is 11.6 Å². The van der Waals surface area contributed by atoms with Gasteiger partial charge in [0.1, 0.15) is 11.6 Å². The van der Waals surface area contributed by atoms with Gasteiger partial charge >= 0.3 is 0 Å². The Kier molecular flexibility index (Phi) is 6.15. The minimum absolute atomic E-state index is 0.164. The maximum absolute atomic E-state index is 13.9. The van der Waals surface area contributed by atoms with Crippen LogP contribution in [-0.4, -0.2) is 12.4 Å². The molecule has 0 aliphatic rings. The number of hydrogen-bond donors (Lipinski definition) is 0. The van der Waals surface area contributed by atoms with Gasteiger partial charge in [-0.05, 0) is 41.7 Å². The molecule has 0 N–H and O–H groups in total. The summed E-state index contributed by atoms with van der Waals surface area (Å²) >= 11 is 0. The zero-order valence-corrected chi connectivity index (χ0v) is 13.4. The molecule has 0 radical (unpaired) electrons. The first-order chi connectivity index (χ1) is 11.1. The van der Waals surface area contributed by atoms with Gasteiger partial charge in [0, 0.05) is 0 Å². The van der Waals surface area contributed by atoms with E-state index in [0.29, 0.717) is 12.0 Å². The molecule has 120 valence electrons. The zero-order valence-electron chi connectivity index (χ0n) is 13.4. The standard InChI is InChI=1S/C19H20F2N2/c1-3-5-16-10-18(20)17(19(21)11-16)13-23-22-12-15-8-6-14(4-2)7-9-15/h6-13H,3-5H2,1-2H3/b22-12+,23-13+. The van der Waals surface area contributed by atoms with Gasteiger partial charge in [0.05, 0.1) is 18.0 Å². The van der Waals surface area contributed by atoms with E-state index in [0.717, 1.165) is 24.6 Å². The lowest BCUT2D eigenvalue weighted by atomic mass is 10.1. The van der Waals surface area contributed by atoms with Gasteiger partial charge in [0.25, 0.3) is 0 Å². The van der Waals surface area contributed by atoms with Gasteiger partial charge in [-0.25, -0.2) is 8.78 Å². The number of rotatable bonds is 6. The second-order valence-corrected chi connectivity index (χ2v) is 5.31. The van der Waals surface area contributed by atoms with Crippen LogP contribution in [0.4, 0.5) is 8.78 Å². The second kappa shape index (κ2) is 8.32. The number of nitrogens with zero attached hydrogens (tertiary/aromatic N) is 2. The molecule has 0 spiro atoms. The molecule has 4 heteroatoms. The summed E-state index contributed by atoms with van der Waals surface area (Å²) in [6, 6.07) is 10.6. The predicted octanol–water partition coefficient (Wildman–Crippen LogP) is 4.93. The molecule has 0 atom stereocenters.